The fraction of sp³-hybridized carbons (Fsp3) is 0.238. The Morgan fingerprint density at radius 1 is 1.12 bits per heavy atom. The van der Waals surface area contributed by atoms with Crippen LogP contribution >= 0.6 is 11.6 Å². The number of halogens is 1. The van der Waals surface area contributed by atoms with Gasteiger partial charge in [0.1, 0.15) is 11.9 Å². The van der Waals surface area contributed by atoms with Crippen LogP contribution < -0.4 is 5.32 Å². The first-order valence-electron chi connectivity index (χ1n) is 8.61. The zero-order chi connectivity index (χ0) is 18.5. The van der Waals surface area contributed by atoms with Gasteiger partial charge in [0.15, 0.2) is 0 Å². The lowest BCUT2D eigenvalue weighted by Crippen LogP contribution is -2.31. The molecule has 1 amide bonds. The van der Waals surface area contributed by atoms with Gasteiger partial charge in [-0.2, -0.15) is 0 Å². The molecule has 0 saturated carbocycles. The summed E-state index contributed by atoms with van der Waals surface area (Å²) in [5.41, 5.74) is 2.10. The Bertz CT molecular complexity index is 858. The normalized spacial score (nSPS) is 13.2. The van der Waals surface area contributed by atoms with Gasteiger partial charge >= 0.3 is 0 Å². The molecule has 1 heterocycles. The summed E-state index contributed by atoms with van der Waals surface area (Å²) in [5.74, 6) is 0.917. The van der Waals surface area contributed by atoms with Crippen molar-refractivity contribution in [1.29, 1.82) is 0 Å². The lowest BCUT2D eigenvalue weighted by atomic mass is 9.97. The third-order valence-corrected chi connectivity index (χ3v) is 4.74. The van der Waals surface area contributed by atoms with Crippen LogP contribution in [0, 0.1) is 0 Å². The standard InChI is InChI=1S/C21H22ClN3O/c1-15(16-6-4-3-5-7-16)14-19(26)24-20(21-23-12-13-25(21)2)17-8-10-18(22)11-9-17/h3-13,15,20H,14H2,1-2H3,(H,24,26)/t15-,20+/m0/s1. The fourth-order valence-corrected chi connectivity index (χ4v) is 3.13. The molecule has 2 atom stereocenters. The lowest BCUT2D eigenvalue weighted by Gasteiger charge is -2.20. The van der Waals surface area contributed by atoms with Gasteiger partial charge in [-0.1, -0.05) is 61.0 Å². The van der Waals surface area contributed by atoms with E-state index in [-0.39, 0.29) is 17.9 Å². The Kier molecular flexibility index (Phi) is 5.74. The van der Waals surface area contributed by atoms with Crippen LogP contribution in [0.3, 0.4) is 0 Å². The number of aryl methyl sites for hydroxylation is 1. The van der Waals surface area contributed by atoms with Gasteiger partial charge in [-0.05, 0) is 29.2 Å². The molecule has 1 N–H and O–H groups in total. The first-order valence-corrected chi connectivity index (χ1v) is 8.99. The highest BCUT2D eigenvalue weighted by atomic mass is 35.5. The lowest BCUT2D eigenvalue weighted by molar-refractivity contribution is -0.122. The number of nitrogens with one attached hydrogen (secondary N) is 1. The van der Waals surface area contributed by atoms with E-state index >= 15 is 0 Å². The summed E-state index contributed by atoms with van der Waals surface area (Å²) in [6.07, 6.45) is 4.02. The first kappa shape index (κ1) is 18.2. The Labute approximate surface area is 158 Å². The van der Waals surface area contributed by atoms with Crippen LogP contribution in [0.5, 0.6) is 0 Å². The third kappa shape index (κ3) is 4.33. The zero-order valence-corrected chi connectivity index (χ0v) is 15.6. The molecule has 0 saturated heterocycles. The second kappa shape index (κ2) is 8.19. The molecule has 1 aromatic heterocycles. The molecule has 3 rings (SSSR count). The summed E-state index contributed by atoms with van der Waals surface area (Å²) in [7, 11) is 1.92. The number of hydrogen-bond donors (Lipinski definition) is 1. The van der Waals surface area contributed by atoms with Crippen LogP contribution in [-0.2, 0) is 11.8 Å². The summed E-state index contributed by atoms with van der Waals surface area (Å²) in [6.45, 7) is 2.06. The molecular formula is C21H22ClN3O. The molecule has 0 spiro atoms. The fourth-order valence-electron chi connectivity index (χ4n) is 3.00. The highest BCUT2D eigenvalue weighted by Gasteiger charge is 2.22. The molecule has 0 fully saturated rings. The van der Waals surface area contributed by atoms with E-state index in [0.717, 1.165) is 17.0 Å². The van der Waals surface area contributed by atoms with Crippen molar-refractivity contribution in [2.75, 3.05) is 0 Å². The van der Waals surface area contributed by atoms with Crippen LogP contribution in [0.4, 0.5) is 0 Å². The molecular weight excluding hydrogens is 346 g/mol. The Hall–Kier alpha value is -2.59. The van der Waals surface area contributed by atoms with E-state index < -0.39 is 0 Å². The molecule has 0 aliphatic heterocycles. The molecule has 2 aromatic carbocycles. The van der Waals surface area contributed by atoms with Crippen LogP contribution in [-0.4, -0.2) is 15.5 Å². The highest BCUT2D eigenvalue weighted by molar-refractivity contribution is 6.30. The van der Waals surface area contributed by atoms with Crippen molar-refractivity contribution in [2.45, 2.75) is 25.3 Å². The van der Waals surface area contributed by atoms with Gasteiger partial charge in [-0.25, -0.2) is 4.98 Å². The van der Waals surface area contributed by atoms with E-state index in [1.165, 1.54) is 0 Å². The molecule has 0 radical (unpaired) electrons. The molecule has 0 aliphatic carbocycles. The number of hydrogen-bond acceptors (Lipinski definition) is 2. The molecule has 0 unspecified atom stereocenters. The van der Waals surface area contributed by atoms with E-state index in [0.29, 0.717) is 11.4 Å². The maximum absolute atomic E-state index is 12.7. The van der Waals surface area contributed by atoms with Crippen LogP contribution in [0.1, 0.15) is 42.3 Å². The summed E-state index contributed by atoms with van der Waals surface area (Å²) in [6, 6.07) is 17.2. The number of aromatic nitrogens is 2. The largest absolute Gasteiger partial charge is 0.342 e. The van der Waals surface area contributed by atoms with Gasteiger partial charge in [0.05, 0.1) is 0 Å². The molecule has 0 aliphatic rings. The number of amides is 1. The van der Waals surface area contributed by atoms with Crippen LogP contribution in [0.2, 0.25) is 5.02 Å². The molecule has 4 nitrogen and oxygen atoms in total. The summed E-state index contributed by atoms with van der Waals surface area (Å²) in [5, 5.41) is 3.79. The van der Waals surface area contributed by atoms with Crippen molar-refractivity contribution in [1.82, 2.24) is 14.9 Å². The summed E-state index contributed by atoms with van der Waals surface area (Å²) in [4.78, 5) is 17.1. The van der Waals surface area contributed by atoms with E-state index in [1.807, 2.05) is 72.4 Å². The van der Waals surface area contributed by atoms with Crippen molar-refractivity contribution in [2.24, 2.45) is 7.05 Å². The van der Waals surface area contributed by atoms with Crippen molar-refractivity contribution in [3.8, 4) is 0 Å². The number of rotatable bonds is 6. The van der Waals surface area contributed by atoms with E-state index in [9.17, 15) is 4.79 Å². The minimum Gasteiger partial charge on any atom is -0.342 e. The van der Waals surface area contributed by atoms with Crippen molar-refractivity contribution < 1.29 is 4.79 Å². The van der Waals surface area contributed by atoms with Gasteiger partial charge < -0.3 is 9.88 Å². The monoisotopic (exact) mass is 367 g/mol. The maximum Gasteiger partial charge on any atom is 0.221 e. The second-order valence-electron chi connectivity index (χ2n) is 6.46. The SMILES string of the molecule is C[C@@H](CC(=O)N[C@H](c1ccc(Cl)cc1)c1nccn1C)c1ccccc1. The van der Waals surface area contributed by atoms with Gasteiger partial charge in [0.2, 0.25) is 5.91 Å². The number of carbonyl (C=O) groups is 1. The average Bonchev–Trinajstić information content (AvgIpc) is 3.07. The number of imidazole rings is 1. The molecule has 134 valence electrons. The Balaban J connectivity index is 1.78. The zero-order valence-electron chi connectivity index (χ0n) is 14.9. The summed E-state index contributed by atoms with van der Waals surface area (Å²) < 4.78 is 1.92. The number of benzene rings is 2. The molecule has 5 heteroatoms. The maximum atomic E-state index is 12.7. The number of nitrogens with zero attached hydrogens (tertiary/aromatic N) is 2. The highest BCUT2D eigenvalue weighted by Crippen LogP contribution is 2.24. The van der Waals surface area contributed by atoms with Gasteiger partial charge in [-0.3, -0.25) is 4.79 Å². The van der Waals surface area contributed by atoms with Gasteiger partial charge in [0.25, 0.3) is 0 Å². The Morgan fingerprint density at radius 2 is 1.81 bits per heavy atom. The Morgan fingerprint density at radius 3 is 2.42 bits per heavy atom. The van der Waals surface area contributed by atoms with Crippen molar-refractivity contribution in [3.63, 3.8) is 0 Å². The van der Waals surface area contributed by atoms with Crippen LogP contribution in [0.25, 0.3) is 0 Å². The smallest absolute Gasteiger partial charge is 0.221 e. The topological polar surface area (TPSA) is 46.9 Å². The predicted molar refractivity (Wildman–Crippen MR) is 104 cm³/mol. The molecule has 26 heavy (non-hydrogen) atoms. The van der Waals surface area contributed by atoms with Crippen LogP contribution in [0.15, 0.2) is 67.0 Å². The molecule has 3 aromatic rings. The van der Waals surface area contributed by atoms with Gasteiger partial charge in [0, 0.05) is 30.9 Å². The van der Waals surface area contributed by atoms with E-state index in [2.05, 4.69) is 17.2 Å². The quantitative estimate of drug-likeness (QED) is 0.698. The minimum absolute atomic E-state index is 0.00990. The third-order valence-electron chi connectivity index (χ3n) is 4.49. The molecule has 0 bridgehead atoms. The van der Waals surface area contributed by atoms with Crippen molar-refractivity contribution >= 4 is 17.5 Å². The average molecular weight is 368 g/mol. The minimum atomic E-state index is -0.317. The predicted octanol–water partition coefficient (Wildman–Crippen LogP) is 4.47. The van der Waals surface area contributed by atoms with E-state index in [1.54, 1.807) is 6.20 Å². The second-order valence-corrected chi connectivity index (χ2v) is 6.90. The number of carbonyl (C=O) groups excluding carboxylic acids is 1. The van der Waals surface area contributed by atoms with E-state index in [4.69, 9.17) is 11.6 Å². The summed E-state index contributed by atoms with van der Waals surface area (Å²) >= 11 is 6.01. The van der Waals surface area contributed by atoms with Crippen molar-refractivity contribution in [3.05, 3.63) is 89.0 Å². The van der Waals surface area contributed by atoms with Gasteiger partial charge in [-0.15, -0.1) is 0 Å². The first-order chi connectivity index (χ1) is 12.5.